The van der Waals surface area contributed by atoms with Crippen molar-refractivity contribution in [3.05, 3.63) is 53.6 Å². The number of rotatable bonds is 10. The lowest BCUT2D eigenvalue weighted by Gasteiger charge is -2.11. The quantitative estimate of drug-likeness (QED) is 0.247. The molecule has 0 saturated heterocycles. The molecule has 3 heteroatoms. The van der Waals surface area contributed by atoms with E-state index in [1.807, 2.05) is 49.4 Å². The summed E-state index contributed by atoms with van der Waals surface area (Å²) in [4.78, 5) is 12.7. The second kappa shape index (κ2) is 10.7. The van der Waals surface area contributed by atoms with Crippen LogP contribution in [0.5, 0.6) is 0 Å². The molecule has 2 rings (SSSR count). The fourth-order valence-electron chi connectivity index (χ4n) is 3.78. The summed E-state index contributed by atoms with van der Waals surface area (Å²) in [6.45, 7) is 7.47. The Bertz CT molecular complexity index is 831. The Kier molecular flexibility index (Phi) is 8.32. The number of esters is 1. The number of carbonyl (C=O) groups excluding carboxylic acids is 1. The number of hydrogen-bond donors (Lipinski definition) is 0. The number of allylic oxidation sites excluding steroid dienone is 2. The standard InChI is InChI=1S/C26H30O3/c1-6-9-17-28-18-16-23-24(26(23,4)5)25(27)29-19-20(8-3)22(13-7-2)21-14-11-10-12-15-21/h2-3,6,9-12,14-15,23-24H,13,16-19H2,1,4-5H3. The van der Waals surface area contributed by atoms with Crippen molar-refractivity contribution >= 4 is 11.5 Å². The summed E-state index contributed by atoms with van der Waals surface area (Å²) >= 11 is 0. The van der Waals surface area contributed by atoms with Crippen molar-refractivity contribution in [1.82, 2.24) is 0 Å². The molecule has 1 aromatic rings. The van der Waals surface area contributed by atoms with E-state index in [0.717, 1.165) is 17.6 Å². The number of benzene rings is 1. The predicted molar refractivity (Wildman–Crippen MR) is 118 cm³/mol. The first-order valence-electron chi connectivity index (χ1n) is 10.00. The maximum absolute atomic E-state index is 12.7. The van der Waals surface area contributed by atoms with Crippen molar-refractivity contribution < 1.29 is 14.3 Å². The zero-order valence-electron chi connectivity index (χ0n) is 17.6. The summed E-state index contributed by atoms with van der Waals surface area (Å²) in [5.74, 6) is 5.25. The summed E-state index contributed by atoms with van der Waals surface area (Å²) in [5.41, 5.74) is 2.35. The van der Waals surface area contributed by atoms with Crippen molar-refractivity contribution in [2.24, 2.45) is 17.3 Å². The highest BCUT2D eigenvalue weighted by Gasteiger charge is 2.61. The summed E-state index contributed by atoms with van der Waals surface area (Å²) in [5, 5.41) is 0. The van der Waals surface area contributed by atoms with E-state index in [0.29, 0.717) is 25.2 Å². The van der Waals surface area contributed by atoms with E-state index in [1.54, 1.807) is 0 Å². The number of hydrogen-bond acceptors (Lipinski definition) is 3. The first-order chi connectivity index (χ1) is 14.0. The molecule has 1 fully saturated rings. The first kappa shape index (κ1) is 22.5. The smallest absolute Gasteiger partial charge is 0.310 e. The third kappa shape index (κ3) is 5.86. The molecular formula is C26H30O3. The average molecular weight is 391 g/mol. The van der Waals surface area contributed by atoms with Gasteiger partial charge >= 0.3 is 5.97 Å². The second-order valence-corrected chi connectivity index (χ2v) is 7.79. The predicted octanol–water partition coefficient (Wildman–Crippen LogP) is 4.89. The zero-order valence-corrected chi connectivity index (χ0v) is 17.6. The van der Waals surface area contributed by atoms with Gasteiger partial charge in [0.1, 0.15) is 6.61 Å². The number of ether oxygens (including phenoxy) is 2. The molecule has 0 spiro atoms. The molecule has 3 nitrogen and oxygen atoms in total. The van der Waals surface area contributed by atoms with Crippen LogP contribution in [-0.4, -0.2) is 25.8 Å². The summed E-state index contributed by atoms with van der Waals surface area (Å²) in [6.07, 6.45) is 16.4. The largest absolute Gasteiger partial charge is 0.460 e. The van der Waals surface area contributed by atoms with E-state index in [-0.39, 0.29) is 29.8 Å². The van der Waals surface area contributed by atoms with Crippen LogP contribution >= 0.6 is 0 Å². The number of carbonyl (C=O) groups is 1. The Hall–Kier alpha value is -2.75. The van der Waals surface area contributed by atoms with Crippen LogP contribution in [0.3, 0.4) is 0 Å². The van der Waals surface area contributed by atoms with Crippen molar-refractivity contribution in [1.29, 1.82) is 0 Å². The summed E-state index contributed by atoms with van der Waals surface area (Å²) in [7, 11) is 0. The van der Waals surface area contributed by atoms with Crippen LogP contribution in [0.25, 0.3) is 5.57 Å². The molecule has 1 aliphatic carbocycles. The molecule has 0 N–H and O–H groups in total. The minimum Gasteiger partial charge on any atom is -0.460 e. The van der Waals surface area contributed by atoms with Gasteiger partial charge in [-0.3, -0.25) is 4.79 Å². The lowest BCUT2D eigenvalue weighted by Crippen LogP contribution is -2.13. The molecule has 0 amide bonds. The van der Waals surface area contributed by atoms with Gasteiger partial charge in [-0.05, 0) is 35.8 Å². The Morgan fingerprint density at radius 3 is 2.59 bits per heavy atom. The SMILES string of the molecule is C#CCC(=C(C#C)COC(=O)C1C(CCOCC=CC)C1(C)C)c1ccccc1. The molecule has 0 aliphatic heterocycles. The highest BCUT2D eigenvalue weighted by atomic mass is 16.5. The topological polar surface area (TPSA) is 35.5 Å². The van der Waals surface area contributed by atoms with E-state index in [4.69, 9.17) is 22.3 Å². The lowest BCUT2D eigenvalue weighted by molar-refractivity contribution is -0.145. The van der Waals surface area contributed by atoms with Gasteiger partial charge in [0.05, 0.1) is 12.5 Å². The van der Waals surface area contributed by atoms with Crippen molar-refractivity contribution in [2.45, 2.75) is 33.6 Å². The van der Waals surface area contributed by atoms with Gasteiger partial charge in [0.2, 0.25) is 0 Å². The molecular weight excluding hydrogens is 360 g/mol. The maximum Gasteiger partial charge on any atom is 0.310 e. The van der Waals surface area contributed by atoms with Crippen LogP contribution in [-0.2, 0) is 14.3 Å². The van der Waals surface area contributed by atoms with Crippen molar-refractivity contribution in [3.63, 3.8) is 0 Å². The Labute approximate surface area is 175 Å². The molecule has 0 bridgehead atoms. The lowest BCUT2D eigenvalue weighted by atomic mass is 9.98. The molecule has 152 valence electrons. The van der Waals surface area contributed by atoms with Gasteiger partial charge in [-0.15, -0.1) is 18.8 Å². The van der Waals surface area contributed by atoms with Gasteiger partial charge in [0.15, 0.2) is 0 Å². The van der Waals surface area contributed by atoms with Gasteiger partial charge in [-0.2, -0.15) is 0 Å². The Morgan fingerprint density at radius 1 is 1.24 bits per heavy atom. The molecule has 29 heavy (non-hydrogen) atoms. The zero-order chi connectivity index (χ0) is 21.3. The van der Waals surface area contributed by atoms with Crippen LogP contribution in [0.1, 0.15) is 39.2 Å². The monoisotopic (exact) mass is 390 g/mol. The van der Waals surface area contributed by atoms with E-state index in [2.05, 4.69) is 25.7 Å². The molecule has 1 saturated carbocycles. The van der Waals surface area contributed by atoms with Crippen LogP contribution in [0, 0.1) is 41.9 Å². The molecule has 1 aromatic carbocycles. The first-order valence-corrected chi connectivity index (χ1v) is 10.00. The molecule has 1 aliphatic rings. The highest BCUT2D eigenvalue weighted by molar-refractivity contribution is 5.79. The Morgan fingerprint density at radius 2 is 1.97 bits per heavy atom. The fraction of sp³-hybridized carbons (Fsp3) is 0.423. The molecule has 2 atom stereocenters. The molecule has 0 heterocycles. The molecule has 0 aromatic heterocycles. The van der Waals surface area contributed by atoms with E-state index in [9.17, 15) is 4.79 Å². The fourth-order valence-corrected chi connectivity index (χ4v) is 3.78. The highest BCUT2D eigenvalue weighted by Crippen LogP contribution is 2.60. The minimum atomic E-state index is -0.200. The van der Waals surface area contributed by atoms with E-state index >= 15 is 0 Å². The second-order valence-electron chi connectivity index (χ2n) is 7.79. The normalized spacial score (nSPS) is 20.4. The third-order valence-corrected chi connectivity index (χ3v) is 5.63. The van der Waals surface area contributed by atoms with Crippen molar-refractivity contribution in [3.8, 4) is 24.7 Å². The van der Waals surface area contributed by atoms with Crippen LogP contribution in [0.15, 0.2) is 48.1 Å². The number of terminal acetylenes is 2. The van der Waals surface area contributed by atoms with Gasteiger partial charge in [0, 0.05) is 18.6 Å². The maximum atomic E-state index is 12.7. The average Bonchev–Trinajstić information content (AvgIpc) is 3.28. The molecule has 2 unspecified atom stereocenters. The minimum absolute atomic E-state index is 0.0678. The van der Waals surface area contributed by atoms with Crippen molar-refractivity contribution in [2.75, 3.05) is 19.8 Å². The summed E-state index contributed by atoms with van der Waals surface area (Å²) < 4.78 is 11.2. The third-order valence-electron chi connectivity index (χ3n) is 5.63. The van der Waals surface area contributed by atoms with E-state index in [1.165, 1.54) is 0 Å². The van der Waals surface area contributed by atoms with Crippen LogP contribution in [0.4, 0.5) is 0 Å². The van der Waals surface area contributed by atoms with Gasteiger partial charge in [-0.1, -0.05) is 62.3 Å². The van der Waals surface area contributed by atoms with Crippen LogP contribution < -0.4 is 0 Å². The van der Waals surface area contributed by atoms with E-state index < -0.39 is 0 Å². The van der Waals surface area contributed by atoms with Gasteiger partial charge < -0.3 is 9.47 Å². The van der Waals surface area contributed by atoms with Crippen LogP contribution in [0.2, 0.25) is 0 Å². The summed E-state index contributed by atoms with van der Waals surface area (Å²) in [6, 6.07) is 9.71. The van der Waals surface area contributed by atoms with Gasteiger partial charge in [0.25, 0.3) is 0 Å². The Balaban J connectivity index is 1.99. The van der Waals surface area contributed by atoms with Gasteiger partial charge in [-0.25, -0.2) is 0 Å². The molecule has 0 radical (unpaired) electrons.